The Morgan fingerprint density at radius 1 is 1.25 bits per heavy atom. The van der Waals surface area contributed by atoms with Crippen LogP contribution in [0.25, 0.3) is 0 Å². The van der Waals surface area contributed by atoms with Gasteiger partial charge in [0, 0.05) is 6.20 Å². The molecule has 0 aliphatic carbocycles. The van der Waals surface area contributed by atoms with E-state index >= 15 is 0 Å². The summed E-state index contributed by atoms with van der Waals surface area (Å²) >= 11 is 0. The van der Waals surface area contributed by atoms with Crippen LogP contribution in [0.4, 0.5) is 8.78 Å². The van der Waals surface area contributed by atoms with Crippen LogP contribution in [0.15, 0.2) is 36.5 Å². The van der Waals surface area contributed by atoms with Crippen LogP contribution in [0.2, 0.25) is 0 Å². The van der Waals surface area contributed by atoms with Crippen LogP contribution in [-0.4, -0.2) is 10.9 Å². The highest BCUT2D eigenvalue weighted by atomic mass is 19.1. The van der Waals surface area contributed by atoms with E-state index < -0.39 is 5.95 Å². The summed E-state index contributed by atoms with van der Waals surface area (Å²) in [5, 5.41) is 2.71. The molecule has 0 aliphatic rings. The molecule has 20 heavy (non-hydrogen) atoms. The summed E-state index contributed by atoms with van der Waals surface area (Å²) in [6.07, 6.45) is 1.16. The molecule has 5 heteroatoms. The van der Waals surface area contributed by atoms with Gasteiger partial charge in [-0.15, -0.1) is 0 Å². The van der Waals surface area contributed by atoms with Crippen LogP contribution < -0.4 is 5.32 Å². The van der Waals surface area contributed by atoms with Crippen molar-refractivity contribution in [2.45, 2.75) is 19.9 Å². The Bertz CT molecular complexity index is 626. The molecule has 0 saturated carbocycles. The van der Waals surface area contributed by atoms with Crippen LogP contribution in [-0.2, 0) is 0 Å². The minimum absolute atomic E-state index is 0.255. The lowest BCUT2D eigenvalue weighted by molar-refractivity contribution is 0.0939. The predicted octanol–water partition coefficient (Wildman–Crippen LogP) is 3.16. The summed E-state index contributed by atoms with van der Waals surface area (Å²) in [5.41, 5.74) is 1.47. The Balaban J connectivity index is 2.10. The molecule has 1 unspecified atom stereocenters. The van der Waals surface area contributed by atoms with Crippen molar-refractivity contribution >= 4 is 5.91 Å². The zero-order chi connectivity index (χ0) is 14.7. The van der Waals surface area contributed by atoms with Crippen molar-refractivity contribution < 1.29 is 13.6 Å². The second-order valence-electron chi connectivity index (χ2n) is 4.57. The molecule has 2 aromatic rings. The van der Waals surface area contributed by atoms with Gasteiger partial charge in [-0.2, -0.15) is 4.39 Å². The van der Waals surface area contributed by atoms with Crippen LogP contribution >= 0.6 is 0 Å². The molecule has 3 nitrogen and oxygen atoms in total. The number of pyridine rings is 1. The van der Waals surface area contributed by atoms with Gasteiger partial charge in [0.2, 0.25) is 5.95 Å². The Morgan fingerprint density at radius 2 is 2.00 bits per heavy atom. The smallest absolute Gasteiger partial charge is 0.253 e. The average molecular weight is 276 g/mol. The van der Waals surface area contributed by atoms with Crippen LogP contribution in [0.3, 0.4) is 0 Å². The summed E-state index contributed by atoms with van der Waals surface area (Å²) in [6.45, 7) is 3.42. The predicted molar refractivity (Wildman–Crippen MR) is 71.2 cm³/mol. The molecular formula is C15H14F2N2O. The van der Waals surface area contributed by atoms with Crippen molar-refractivity contribution in [2.24, 2.45) is 0 Å². The van der Waals surface area contributed by atoms with Crippen molar-refractivity contribution in [3.8, 4) is 0 Å². The van der Waals surface area contributed by atoms with E-state index in [9.17, 15) is 13.6 Å². The number of aryl methyl sites for hydroxylation is 1. The molecule has 0 bridgehead atoms. The van der Waals surface area contributed by atoms with Gasteiger partial charge in [0.25, 0.3) is 5.91 Å². The number of benzene rings is 1. The fourth-order valence-electron chi connectivity index (χ4n) is 1.75. The molecule has 0 saturated heterocycles. The topological polar surface area (TPSA) is 42.0 Å². The van der Waals surface area contributed by atoms with Gasteiger partial charge in [-0.1, -0.05) is 12.1 Å². The Labute approximate surface area is 115 Å². The monoisotopic (exact) mass is 276 g/mol. The minimum atomic E-state index is -0.643. The standard InChI is InChI=1S/C15H14F2N2O/c1-9-3-4-11(7-13(9)16)10(2)19-15(20)12-5-6-14(17)18-8-12/h3-8,10H,1-2H3,(H,19,20). The maximum Gasteiger partial charge on any atom is 0.253 e. The molecule has 0 fully saturated rings. The molecule has 1 atom stereocenters. The van der Waals surface area contributed by atoms with E-state index in [-0.39, 0.29) is 23.3 Å². The Hall–Kier alpha value is -2.30. The number of carbonyl (C=O) groups is 1. The Morgan fingerprint density at radius 3 is 2.60 bits per heavy atom. The highest BCUT2D eigenvalue weighted by Gasteiger charge is 2.13. The van der Waals surface area contributed by atoms with E-state index in [1.165, 1.54) is 12.1 Å². The number of hydrogen-bond donors (Lipinski definition) is 1. The lowest BCUT2D eigenvalue weighted by atomic mass is 10.1. The van der Waals surface area contributed by atoms with E-state index in [0.29, 0.717) is 11.1 Å². The van der Waals surface area contributed by atoms with Gasteiger partial charge in [-0.05, 0) is 43.2 Å². The first kappa shape index (κ1) is 14.1. The van der Waals surface area contributed by atoms with Crippen molar-refractivity contribution in [3.05, 3.63) is 65.0 Å². The summed E-state index contributed by atoms with van der Waals surface area (Å²) in [4.78, 5) is 15.3. The van der Waals surface area contributed by atoms with E-state index in [4.69, 9.17) is 0 Å². The molecule has 0 aliphatic heterocycles. The fraction of sp³-hybridized carbons (Fsp3) is 0.200. The molecule has 1 heterocycles. The van der Waals surface area contributed by atoms with Gasteiger partial charge in [-0.25, -0.2) is 9.37 Å². The van der Waals surface area contributed by atoms with Gasteiger partial charge >= 0.3 is 0 Å². The van der Waals surface area contributed by atoms with E-state index in [1.807, 2.05) is 0 Å². The average Bonchev–Trinajstić information content (AvgIpc) is 2.42. The fourth-order valence-corrected chi connectivity index (χ4v) is 1.75. The van der Waals surface area contributed by atoms with Gasteiger partial charge < -0.3 is 5.32 Å². The van der Waals surface area contributed by atoms with Crippen molar-refractivity contribution in [1.82, 2.24) is 10.3 Å². The Kier molecular flexibility index (Phi) is 4.08. The van der Waals surface area contributed by atoms with Gasteiger partial charge in [0.05, 0.1) is 11.6 Å². The zero-order valence-electron chi connectivity index (χ0n) is 11.2. The third-order valence-corrected chi connectivity index (χ3v) is 3.03. The van der Waals surface area contributed by atoms with Crippen molar-refractivity contribution in [2.75, 3.05) is 0 Å². The third-order valence-electron chi connectivity index (χ3n) is 3.03. The van der Waals surface area contributed by atoms with E-state index in [2.05, 4.69) is 10.3 Å². The molecule has 2 rings (SSSR count). The van der Waals surface area contributed by atoms with Crippen LogP contribution in [0.5, 0.6) is 0 Å². The second kappa shape index (κ2) is 5.77. The minimum Gasteiger partial charge on any atom is -0.345 e. The molecule has 1 N–H and O–H groups in total. The van der Waals surface area contributed by atoms with Crippen LogP contribution in [0.1, 0.15) is 34.5 Å². The molecule has 1 amide bonds. The molecule has 1 aromatic carbocycles. The van der Waals surface area contributed by atoms with E-state index in [0.717, 1.165) is 12.3 Å². The summed E-state index contributed by atoms with van der Waals surface area (Å²) < 4.78 is 26.2. The zero-order valence-corrected chi connectivity index (χ0v) is 11.2. The van der Waals surface area contributed by atoms with Gasteiger partial charge in [-0.3, -0.25) is 4.79 Å². The number of amides is 1. The van der Waals surface area contributed by atoms with Crippen molar-refractivity contribution in [1.29, 1.82) is 0 Å². The van der Waals surface area contributed by atoms with E-state index in [1.54, 1.807) is 26.0 Å². The number of aromatic nitrogens is 1. The highest BCUT2D eigenvalue weighted by Crippen LogP contribution is 2.16. The van der Waals surface area contributed by atoms with Gasteiger partial charge in [0.15, 0.2) is 0 Å². The summed E-state index contributed by atoms with van der Waals surface area (Å²) in [7, 11) is 0. The van der Waals surface area contributed by atoms with Crippen LogP contribution in [0, 0.1) is 18.7 Å². The molecule has 104 valence electrons. The molecule has 0 radical (unpaired) electrons. The maximum atomic E-state index is 13.5. The quantitative estimate of drug-likeness (QED) is 0.875. The number of nitrogens with zero attached hydrogens (tertiary/aromatic N) is 1. The number of hydrogen-bond acceptors (Lipinski definition) is 2. The number of nitrogens with one attached hydrogen (secondary N) is 1. The molecular weight excluding hydrogens is 262 g/mol. The number of rotatable bonds is 3. The number of carbonyl (C=O) groups excluding carboxylic acids is 1. The normalized spacial score (nSPS) is 12.0. The second-order valence-corrected chi connectivity index (χ2v) is 4.57. The number of halogens is 2. The maximum absolute atomic E-state index is 13.5. The lowest BCUT2D eigenvalue weighted by Crippen LogP contribution is -2.26. The summed E-state index contributed by atoms with van der Waals surface area (Å²) in [6, 6.07) is 6.91. The van der Waals surface area contributed by atoms with Gasteiger partial charge in [0.1, 0.15) is 5.82 Å². The first-order valence-corrected chi connectivity index (χ1v) is 6.16. The highest BCUT2D eigenvalue weighted by molar-refractivity contribution is 5.94. The van der Waals surface area contributed by atoms with Crippen molar-refractivity contribution in [3.63, 3.8) is 0 Å². The lowest BCUT2D eigenvalue weighted by Gasteiger charge is -2.15. The molecule has 0 spiro atoms. The summed E-state index contributed by atoms with van der Waals surface area (Å²) in [5.74, 6) is -1.34. The molecule has 1 aromatic heterocycles. The first-order valence-electron chi connectivity index (χ1n) is 6.16. The first-order chi connectivity index (χ1) is 9.47. The SMILES string of the molecule is Cc1ccc(C(C)NC(=O)c2ccc(F)nc2)cc1F. The largest absolute Gasteiger partial charge is 0.345 e. The third kappa shape index (κ3) is 3.17.